The van der Waals surface area contributed by atoms with Crippen LogP contribution in [0.1, 0.15) is 38.8 Å². The molecule has 0 amide bonds. The van der Waals surface area contributed by atoms with E-state index in [-0.39, 0.29) is 20.9 Å². The largest absolute Gasteiger partial charge is 0.219 e. The molecule has 0 fully saturated rings. The SMILES string of the molecule is CC.CC.Cc1cc(S(=O)(=O)c2ccc(F)c(C)c2)ccc1F. The molecule has 0 saturated heterocycles. The predicted octanol–water partition coefficient (Wildman–Crippen LogP) is 5.47. The van der Waals surface area contributed by atoms with Crippen molar-refractivity contribution in [3.8, 4) is 0 Å². The van der Waals surface area contributed by atoms with Gasteiger partial charge in [-0.2, -0.15) is 0 Å². The van der Waals surface area contributed by atoms with Crippen molar-refractivity contribution in [3.63, 3.8) is 0 Å². The van der Waals surface area contributed by atoms with Crippen molar-refractivity contribution < 1.29 is 17.2 Å². The van der Waals surface area contributed by atoms with Gasteiger partial charge >= 0.3 is 0 Å². The van der Waals surface area contributed by atoms with Crippen molar-refractivity contribution in [2.45, 2.75) is 51.3 Å². The molecule has 0 atom stereocenters. The molecule has 0 N–H and O–H groups in total. The van der Waals surface area contributed by atoms with Crippen molar-refractivity contribution >= 4 is 9.84 Å². The number of rotatable bonds is 2. The fourth-order valence-electron chi connectivity index (χ4n) is 1.70. The number of hydrogen-bond acceptors (Lipinski definition) is 2. The standard InChI is InChI=1S/C14H12F2O2S.2C2H6/c1-9-7-11(3-5-13(9)15)19(17,18)12-4-6-14(16)10(2)8-12;2*1-2/h3-8H,1-2H3;2*1-2H3. The van der Waals surface area contributed by atoms with Crippen LogP contribution in [0.25, 0.3) is 0 Å². The van der Waals surface area contributed by atoms with Crippen molar-refractivity contribution in [2.75, 3.05) is 0 Å². The lowest BCUT2D eigenvalue weighted by molar-refractivity contribution is 0.591. The van der Waals surface area contributed by atoms with Gasteiger partial charge in [0.25, 0.3) is 0 Å². The zero-order valence-electron chi connectivity index (χ0n) is 14.4. The summed E-state index contributed by atoms with van der Waals surface area (Å²) in [4.78, 5) is -0.00480. The first kappa shape index (κ1) is 21.2. The quantitative estimate of drug-likeness (QED) is 0.679. The maximum Gasteiger partial charge on any atom is 0.206 e. The molecule has 0 bridgehead atoms. The normalized spacial score (nSPS) is 10.1. The second-order valence-corrected chi connectivity index (χ2v) is 6.28. The lowest BCUT2D eigenvalue weighted by Crippen LogP contribution is -2.03. The van der Waals surface area contributed by atoms with Crippen LogP contribution in [0.15, 0.2) is 46.2 Å². The molecule has 5 heteroatoms. The molecule has 0 unspecified atom stereocenters. The van der Waals surface area contributed by atoms with Crippen molar-refractivity contribution in [1.29, 1.82) is 0 Å². The third-order valence-electron chi connectivity index (χ3n) is 2.88. The van der Waals surface area contributed by atoms with E-state index in [1.165, 1.54) is 38.1 Å². The van der Waals surface area contributed by atoms with E-state index in [9.17, 15) is 17.2 Å². The van der Waals surface area contributed by atoms with Gasteiger partial charge in [-0.25, -0.2) is 17.2 Å². The van der Waals surface area contributed by atoms with Crippen LogP contribution in [0.3, 0.4) is 0 Å². The van der Waals surface area contributed by atoms with Crippen LogP contribution in [0.5, 0.6) is 0 Å². The van der Waals surface area contributed by atoms with Gasteiger partial charge in [0.05, 0.1) is 9.79 Å². The molecular weight excluding hydrogens is 318 g/mol. The van der Waals surface area contributed by atoms with Crippen LogP contribution >= 0.6 is 0 Å². The van der Waals surface area contributed by atoms with Crippen LogP contribution in [-0.2, 0) is 9.84 Å². The van der Waals surface area contributed by atoms with Crippen LogP contribution in [-0.4, -0.2) is 8.42 Å². The van der Waals surface area contributed by atoms with Crippen LogP contribution in [0.4, 0.5) is 8.78 Å². The van der Waals surface area contributed by atoms with Gasteiger partial charge in [0.2, 0.25) is 9.84 Å². The minimum absolute atomic E-state index is 0.00240. The van der Waals surface area contributed by atoms with Gasteiger partial charge in [-0.1, -0.05) is 27.7 Å². The summed E-state index contributed by atoms with van der Waals surface area (Å²) in [6, 6.07) is 7.16. The third kappa shape index (κ3) is 5.13. The first-order valence-electron chi connectivity index (χ1n) is 7.60. The van der Waals surface area contributed by atoms with Crippen molar-refractivity contribution in [1.82, 2.24) is 0 Å². The first-order valence-corrected chi connectivity index (χ1v) is 9.08. The number of hydrogen-bond donors (Lipinski definition) is 0. The smallest absolute Gasteiger partial charge is 0.206 e. The second-order valence-electron chi connectivity index (χ2n) is 4.33. The summed E-state index contributed by atoms with van der Waals surface area (Å²) in [5.41, 5.74) is 0.500. The highest BCUT2D eigenvalue weighted by Crippen LogP contribution is 2.24. The Hall–Kier alpha value is -1.75. The van der Waals surface area contributed by atoms with E-state index >= 15 is 0 Å². The molecular formula is C18H24F2O2S. The Morgan fingerprint density at radius 3 is 1.26 bits per heavy atom. The molecule has 0 heterocycles. The highest BCUT2D eigenvalue weighted by Gasteiger charge is 2.19. The van der Waals surface area contributed by atoms with E-state index < -0.39 is 21.5 Å². The fraction of sp³-hybridized carbons (Fsp3) is 0.333. The maximum atomic E-state index is 13.2. The van der Waals surface area contributed by atoms with Gasteiger partial charge in [-0.15, -0.1) is 0 Å². The van der Waals surface area contributed by atoms with E-state index in [1.807, 2.05) is 27.7 Å². The Morgan fingerprint density at radius 1 is 0.696 bits per heavy atom. The Labute approximate surface area is 138 Å². The van der Waals surface area contributed by atoms with E-state index in [1.54, 1.807) is 0 Å². The zero-order valence-corrected chi connectivity index (χ0v) is 15.3. The highest BCUT2D eigenvalue weighted by atomic mass is 32.2. The molecule has 0 saturated carbocycles. The van der Waals surface area contributed by atoms with E-state index in [0.717, 1.165) is 12.1 Å². The predicted molar refractivity (Wildman–Crippen MR) is 90.4 cm³/mol. The monoisotopic (exact) mass is 342 g/mol. The summed E-state index contributed by atoms with van der Waals surface area (Å²) in [5.74, 6) is -0.927. The summed E-state index contributed by atoms with van der Waals surface area (Å²) in [7, 11) is -3.75. The number of sulfone groups is 1. The third-order valence-corrected chi connectivity index (χ3v) is 4.63. The molecule has 0 aliphatic rings. The van der Waals surface area contributed by atoms with Gasteiger partial charge in [0.1, 0.15) is 11.6 Å². The van der Waals surface area contributed by atoms with Crippen molar-refractivity contribution in [3.05, 3.63) is 59.2 Å². The zero-order chi connectivity index (χ0) is 18.2. The maximum absolute atomic E-state index is 13.2. The molecule has 0 radical (unpaired) electrons. The molecule has 23 heavy (non-hydrogen) atoms. The Bertz CT molecular complexity index is 681. The Morgan fingerprint density at radius 2 is 1.00 bits per heavy atom. The van der Waals surface area contributed by atoms with Gasteiger partial charge in [0.15, 0.2) is 0 Å². The van der Waals surface area contributed by atoms with Gasteiger partial charge in [-0.05, 0) is 61.4 Å². The van der Waals surface area contributed by atoms with Gasteiger partial charge in [0, 0.05) is 0 Å². The lowest BCUT2D eigenvalue weighted by Gasteiger charge is -2.07. The summed E-state index contributed by atoms with van der Waals surface area (Å²) >= 11 is 0. The summed E-state index contributed by atoms with van der Waals surface area (Å²) in [6.07, 6.45) is 0. The van der Waals surface area contributed by atoms with Crippen LogP contribution in [0.2, 0.25) is 0 Å². The average molecular weight is 342 g/mol. The summed E-state index contributed by atoms with van der Waals surface area (Å²) in [6.45, 7) is 11.0. The van der Waals surface area contributed by atoms with E-state index in [4.69, 9.17) is 0 Å². The molecule has 0 aromatic heterocycles. The lowest BCUT2D eigenvalue weighted by atomic mass is 10.2. The minimum Gasteiger partial charge on any atom is -0.219 e. The summed E-state index contributed by atoms with van der Waals surface area (Å²) < 4.78 is 51.0. The molecule has 2 aromatic carbocycles. The van der Waals surface area contributed by atoms with E-state index in [0.29, 0.717) is 0 Å². The van der Waals surface area contributed by atoms with Crippen LogP contribution < -0.4 is 0 Å². The van der Waals surface area contributed by atoms with Crippen molar-refractivity contribution in [2.24, 2.45) is 0 Å². The average Bonchev–Trinajstić information content (AvgIpc) is 2.56. The summed E-state index contributed by atoms with van der Waals surface area (Å²) in [5, 5.41) is 0. The Balaban J connectivity index is 0.00000112. The molecule has 0 aliphatic heterocycles. The number of aryl methyl sites for hydroxylation is 2. The molecule has 2 rings (SSSR count). The molecule has 0 aliphatic carbocycles. The highest BCUT2D eigenvalue weighted by molar-refractivity contribution is 7.91. The topological polar surface area (TPSA) is 34.1 Å². The molecule has 2 nitrogen and oxygen atoms in total. The van der Waals surface area contributed by atoms with Gasteiger partial charge in [-0.3, -0.25) is 0 Å². The number of benzene rings is 2. The molecule has 0 spiro atoms. The Kier molecular flexibility index (Phi) is 8.69. The first-order chi connectivity index (χ1) is 10.8. The molecule has 2 aromatic rings. The minimum atomic E-state index is -3.75. The number of halogens is 2. The second kappa shape index (κ2) is 9.40. The molecule has 128 valence electrons. The fourth-order valence-corrected chi connectivity index (χ4v) is 3.14. The van der Waals surface area contributed by atoms with Gasteiger partial charge < -0.3 is 0 Å². The van der Waals surface area contributed by atoms with Crippen LogP contribution in [0, 0.1) is 25.5 Å². The van der Waals surface area contributed by atoms with E-state index in [2.05, 4.69) is 0 Å².